The van der Waals surface area contributed by atoms with Crippen molar-refractivity contribution in [3.63, 3.8) is 0 Å². The number of rotatable bonds is 6. The van der Waals surface area contributed by atoms with E-state index in [-0.39, 0.29) is 5.75 Å². The molecule has 0 aliphatic rings. The molecule has 8 heteroatoms. The number of benzene rings is 2. The van der Waals surface area contributed by atoms with Gasteiger partial charge in [-0.25, -0.2) is 4.99 Å². The average Bonchev–Trinajstić information content (AvgIpc) is 2.66. The van der Waals surface area contributed by atoms with Gasteiger partial charge in [0.1, 0.15) is 11.6 Å². The molecule has 0 saturated carbocycles. The molecule has 0 aliphatic heterocycles. The maximum Gasteiger partial charge on any atom is 0.573 e. The number of hydrogen-bond donors (Lipinski definition) is 2. The zero-order valence-electron chi connectivity index (χ0n) is 16.9. The molecule has 0 aliphatic carbocycles. The second kappa shape index (κ2) is 9.78. The van der Waals surface area contributed by atoms with E-state index in [1.807, 2.05) is 32.0 Å². The zero-order valence-corrected chi connectivity index (χ0v) is 16.9. The molecule has 0 saturated heterocycles. The number of alkyl halides is 3. The van der Waals surface area contributed by atoms with Gasteiger partial charge in [0.2, 0.25) is 0 Å². The number of nitrogens with zero attached hydrogens (tertiary/aromatic N) is 2. The van der Waals surface area contributed by atoms with Crippen LogP contribution in [0.25, 0.3) is 0 Å². The fourth-order valence-electron chi connectivity index (χ4n) is 2.62. The average molecular weight is 416 g/mol. The minimum Gasteiger partial charge on any atom is -0.406 e. The molecule has 0 spiro atoms. The Kier molecular flexibility index (Phi) is 7.41. The molecule has 158 valence electrons. The van der Waals surface area contributed by atoms with Crippen LogP contribution in [0.4, 0.5) is 24.5 Å². The topological polar surface area (TPSA) is 72.0 Å². The van der Waals surface area contributed by atoms with E-state index in [0.29, 0.717) is 22.8 Å². The van der Waals surface area contributed by atoms with Crippen LogP contribution in [0.2, 0.25) is 0 Å². The fourth-order valence-corrected chi connectivity index (χ4v) is 2.62. The first-order chi connectivity index (χ1) is 14.1. The third-order valence-corrected chi connectivity index (χ3v) is 4.26. The highest BCUT2D eigenvalue weighted by Gasteiger charge is 2.30. The lowest BCUT2D eigenvalue weighted by atomic mass is 10.1. The van der Waals surface area contributed by atoms with Gasteiger partial charge in [0.05, 0.1) is 17.0 Å². The van der Waals surface area contributed by atoms with Crippen LogP contribution in [-0.2, 0) is 0 Å². The molecule has 0 bridgehead atoms. The van der Waals surface area contributed by atoms with E-state index >= 15 is 0 Å². The van der Waals surface area contributed by atoms with E-state index in [0.717, 1.165) is 16.8 Å². The van der Waals surface area contributed by atoms with Crippen molar-refractivity contribution in [2.45, 2.75) is 27.1 Å². The number of ether oxygens (including phenoxy) is 1. The molecule has 0 radical (unpaired) electrons. The van der Waals surface area contributed by atoms with Crippen molar-refractivity contribution in [1.82, 2.24) is 0 Å². The summed E-state index contributed by atoms with van der Waals surface area (Å²) >= 11 is 0. The molecule has 0 aromatic heterocycles. The molecule has 0 atom stereocenters. The summed E-state index contributed by atoms with van der Waals surface area (Å²) in [6.07, 6.45) is -2.00. The number of hydrogen-bond acceptors (Lipinski definition) is 4. The van der Waals surface area contributed by atoms with Crippen molar-refractivity contribution < 1.29 is 17.9 Å². The number of amidine groups is 1. The van der Waals surface area contributed by atoms with Crippen LogP contribution in [0.3, 0.4) is 0 Å². The Morgan fingerprint density at radius 2 is 1.80 bits per heavy atom. The van der Waals surface area contributed by atoms with Gasteiger partial charge in [0.15, 0.2) is 0 Å². The second-order valence-corrected chi connectivity index (χ2v) is 6.35. The number of anilines is 1. The van der Waals surface area contributed by atoms with E-state index in [1.165, 1.54) is 36.7 Å². The molecule has 3 N–H and O–H groups in total. The van der Waals surface area contributed by atoms with E-state index in [2.05, 4.69) is 26.6 Å². The van der Waals surface area contributed by atoms with Crippen molar-refractivity contribution in [3.05, 3.63) is 78.1 Å². The molecule has 0 fully saturated rings. The molecular weight excluding hydrogens is 393 g/mol. The maximum atomic E-state index is 12.3. The van der Waals surface area contributed by atoms with Crippen LogP contribution in [0.15, 0.2) is 77.0 Å². The normalized spacial score (nSPS) is 13.2. The van der Waals surface area contributed by atoms with Crippen molar-refractivity contribution in [2.75, 3.05) is 5.32 Å². The van der Waals surface area contributed by atoms with Gasteiger partial charge in [-0.2, -0.15) is 0 Å². The standard InChI is InChI=1S/C22H23F3N4O/c1-5-27-21(29-20-8-6-7-14(2)15(20)3)19(13-26)16(4)28-17-9-11-18(12-10-17)30-22(23,24)25/h5-13H,1,26H2,2-4H3,(H,27,29). The summed E-state index contributed by atoms with van der Waals surface area (Å²) in [6.45, 7) is 9.35. The number of nitrogens with two attached hydrogens (primary N) is 1. The summed E-state index contributed by atoms with van der Waals surface area (Å²) in [5, 5.41) is 3.25. The van der Waals surface area contributed by atoms with Crippen molar-refractivity contribution in [1.29, 1.82) is 0 Å². The number of aliphatic imine (C=N–C) groups is 2. The van der Waals surface area contributed by atoms with Crippen LogP contribution in [0.1, 0.15) is 18.1 Å². The van der Waals surface area contributed by atoms with Crippen LogP contribution < -0.4 is 15.8 Å². The number of nitrogens with one attached hydrogen (secondary N) is 1. The van der Waals surface area contributed by atoms with Gasteiger partial charge in [-0.1, -0.05) is 18.7 Å². The van der Waals surface area contributed by atoms with Gasteiger partial charge in [-0.15, -0.1) is 13.2 Å². The van der Waals surface area contributed by atoms with Crippen molar-refractivity contribution in [3.8, 4) is 5.75 Å². The first-order valence-corrected chi connectivity index (χ1v) is 9.00. The Bertz CT molecular complexity index is 990. The molecule has 2 rings (SSSR count). The van der Waals surface area contributed by atoms with Gasteiger partial charge in [-0.05, 0) is 62.2 Å². The Morgan fingerprint density at radius 3 is 2.37 bits per heavy atom. The Hall–Kier alpha value is -3.55. The molecule has 30 heavy (non-hydrogen) atoms. The van der Waals surface area contributed by atoms with E-state index in [9.17, 15) is 13.2 Å². The van der Waals surface area contributed by atoms with Gasteiger partial charge in [-0.3, -0.25) is 4.99 Å². The summed E-state index contributed by atoms with van der Waals surface area (Å²) in [7, 11) is 0. The third-order valence-electron chi connectivity index (χ3n) is 4.26. The summed E-state index contributed by atoms with van der Waals surface area (Å²) in [4.78, 5) is 8.70. The highest BCUT2D eigenvalue weighted by molar-refractivity contribution is 6.27. The SMILES string of the molecule is C=CN=C(Nc1cccc(C)c1C)C(=CN)C(C)=Nc1ccc(OC(F)(F)F)cc1. The highest BCUT2D eigenvalue weighted by Crippen LogP contribution is 2.25. The van der Waals surface area contributed by atoms with Crippen molar-refractivity contribution >= 4 is 22.9 Å². The lowest BCUT2D eigenvalue weighted by Crippen LogP contribution is -2.21. The first-order valence-electron chi connectivity index (χ1n) is 9.00. The highest BCUT2D eigenvalue weighted by atomic mass is 19.4. The third kappa shape index (κ3) is 6.23. The maximum absolute atomic E-state index is 12.3. The van der Waals surface area contributed by atoms with Crippen LogP contribution >= 0.6 is 0 Å². The minimum atomic E-state index is -4.74. The fraction of sp³-hybridized carbons (Fsp3) is 0.182. The number of aryl methyl sites for hydroxylation is 1. The molecule has 0 amide bonds. The summed E-state index contributed by atoms with van der Waals surface area (Å²) in [5.74, 6) is 0.124. The van der Waals surface area contributed by atoms with Gasteiger partial charge >= 0.3 is 6.36 Å². The smallest absolute Gasteiger partial charge is 0.406 e. The van der Waals surface area contributed by atoms with Crippen molar-refractivity contribution in [2.24, 2.45) is 15.7 Å². The summed E-state index contributed by atoms with van der Waals surface area (Å²) in [6, 6.07) is 11.1. The van der Waals surface area contributed by atoms with Crippen LogP contribution in [-0.4, -0.2) is 17.9 Å². The Labute approximate surface area is 173 Å². The molecule has 0 unspecified atom stereocenters. The lowest BCUT2D eigenvalue weighted by Gasteiger charge is -2.15. The zero-order chi connectivity index (χ0) is 22.3. The van der Waals surface area contributed by atoms with Gasteiger partial charge in [0, 0.05) is 18.1 Å². The number of halogens is 3. The van der Waals surface area contributed by atoms with E-state index < -0.39 is 6.36 Å². The van der Waals surface area contributed by atoms with Gasteiger partial charge < -0.3 is 15.8 Å². The summed E-state index contributed by atoms with van der Waals surface area (Å²) < 4.78 is 40.8. The predicted octanol–water partition coefficient (Wildman–Crippen LogP) is 5.79. The lowest BCUT2D eigenvalue weighted by molar-refractivity contribution is -0.274. The molecule has 5 nitrogen and oxygen atoms in total. The second-order valence-electron chi connectivity index (χ2n) is 6.35. The predicted molar refractivity (Wildman–Crippen MR) is 115 cm³/mol. The molecule has 0 heterocycles. The largest absolute Gasteiger partial charge is 0.573 e. The van der Waals surface area contributed by atoms with E-state index in [4.69, 9.17) is 5.73 Å². The van der Waals surface area contributed by atoms with Crippen LogP contribution in [0.5, 0.6) is 5.75 Å². The molecular formula is C22H23F3N4O. The van der Waals surface area contributed by atoms with Gasteiger partial charge in [0.25, 0.3) is 0 Å². The Morgan fingerprint density at radius 1 is 1.13 bits per heavy atom. The van der Waals surface area contributed by atoms with Crippen LogP contribution in [0, 0.1) is 13.8 Å². The quantitative estimate of drug-likeness (QED) is 0.462. The molecule has 2 aromatic carbocycles. The minimum absolute atomic E-state index is 0.320. The van der Waals surface area contributed by atoms with E-state index in [1.54, 1.807) is 6.92 Å². The molecule has 2 aromatic rings. The first kappa shape index (κ1) is 22.7. The Balaban J connectivity index is 2.30. The summed E-state index contributed by atoms with van der Waals surface area (Å²) in [5.41, 5.74) is 10.3. The monoisotopic (exact) mass is 416 g/mol.